The molecule has 0 unspecified atom stereocenters. The van der Waals surface area contributed by atoms with Crippen LogP contribution in [0.3, 0.4) is 0 Å². The number of aryl methyl sites for hydroxylation is 2. The molecular formula is C20H19N. The third kappa shape index (κ3) is 2.97. The Labute approximate surface area is 126 Å². The smallest absolute Gasteiger partial charge is 0.0466 e. The van der Waals surface area contributed by atoms with Gasteiger partial charge >= 0.3 is 0 Å². The predicted octanol–water partition coefficient (Wildman–Crippen LogP) is 5.71. The Bertz CT molecular complexity index is 745. The average Bonchev–Trinajstić information content (AvgIpc) is 2.50. The Balaban J connectivity index is 2.08. The molecule has 0 spiro atoms. The van der Waals surface area contributed by atoms with Gasteiger partial charge in [-0.05, 0) is 48.7 Å². The number of para-hydroxylation sites is 1. The van der Waals surface area contributed by atoms with Crippen molar-refractivity contribution in [1.29, 1.82) is 0 Å². The zero-order chi connectivity index (χ0) is 14.7. The molecule has 1 N–H and O–H groups in total. The Morgan fingerprint density at radius 1 is 0.667 bits per heavy atom. The van der Waals surface area contributed by atoms with E-state index in [2.05, 4.69) is 73.8 Å². The highest BCUT2D eigenvalue weighted by atomic mass is 14.9. The highest BCUT2D eigenvalue weighted by molar-refractivity contribution is 5.83. The van der Waals surface area contributed by atoms with Gasteiger partial charge in [-0.25, -0.2) is 0 Å². The average molecular weight is 273 g/mol. The first-order chi connectivity index (χ1) is 10.2. The second kappa shape index (κ2) is 5.84. The Morgan fingerprint density at radius 3 is 2.14 bits per heavy atom. The van der Waals surface area contributed by atoms with Gasteiger partial charge in [-0.1, -0.05) is 54.6 Å². The van der Waals surface area contributed by atoms with Crippen molar-refractivity contribution in [3.63, 3.8) is 0 Å². The van der Waals surface area contributed by atoms with E-state index in [0.29, 0.717) is 0 Å². The lowest BCUT2D eigenvalue weighted by Crippen LogP contribution is -1.95. The Hall–Kier alpha value is -2.54. The van der Waals surface area contributed by atoms with Crippen LogP contribution in [0.25, 0.3) is 11.1 Å². The zero-order valence-electron chi connectivity index (χ0n) is 12.4. The third-order valence-corrected chi connectivity index (χ3v) is 3.66. The maximum atomic E-state index is 3.54. The van der Waals surface area contributed by atoms with E-state index in [4.69, 9.17) is 0 Å². The van der Waals surface area contributed by atoms with Crippen LogP contribution in [0.5, 0.6) is 0 Å². The summed E-state index contributed by atoms with van der Waals surface area (Å²) in [5.41, 5.74) is 7.31. The van der Waals surface area contributed by atoms with E-state index < -0.39 is 0 Å². The van der Waals surface area contributed by atoms with Crippen LogP contribution in [-0.4, -0.2) is 0 Å². The molecule has 1 heteroatoms. The van der Waals surface area contributed by atoms with Crippen molar-refractivity contribution < 1.29 is 0 Å². The van der Waals surface area contributed by atoms with E-state index in [9.17, 15) is 0 Å². The SMILES string of the molecule is Cc1ccc(-c2ccccc2C)c(Nc2ccccc2)c1. The molecule has 0 radical (unpaired) electrons. The quantitative estimate of drug-likeness (QED) is 0.644. The Morgan fingerprint density at radius 2 is 1.38 bits per heavy atom. The Kier molecular flexibility index (Phi) is 3.74. The highest BCUT2D eigenvalue weighted by Gasteiger charge is 2.08. The molecule has 0 saturated carbocycles. The zero-order valence-corrected chi connectivity index (χ0v) is 12.4. The van der Waals surface area contributed by atoms with Crippen molar-refractivity contribution in [3.8, 4) is 11.1 Å². The standard InChI is InChI=1S/C20H19N/c1-15-12-13-19(18-11-7-6-8-16(18)2)20(14-15)21-17-9-4-3-5-10-17/h3-14,21H,1-2H3. The van der Waals surface area contributed by atoms with E-state index in [1.165, 1.54) is 22.3 Å². The van der Waals surface area contributed by atoms with Crippen molar-refractivity contribution in [2.75, 3.05) is 5.32 Å². The minimum absolute atomic E-state index is 1.11. The number of rotatable bonds is 3. The minimum atomic E-state index is 1.11. The molecule has 0 atom stereocenters. The van der Waals surface area contributed by atoms with Gasteiger partial charge in [-0.3, -0.25) is 0 Å². The van der Waals surface area contributed by atoms with Gasteiger partial charge in [0.15, 0.2) is 0 Å². The minimum Gasteiger partial charge on any atom is -0.355 e. The fourth-order valence-corrected chi connectivity index (χ4v) is 2.55. The summed E-state index contributed by atoms with van der Waals surface area (Å²) in [7, 11) is 0. The van der Waals surface area contributed by atoms with Gasteiger partial charge in [0.2, 0.25) is 0 Å². The van der Waals surface area contributed by atoms with Crippen molar-refractivity contribution >= 4 is 11.4 Å². The molecule has 0 bridgehead atoms. The van der Waals surface area contributed by atoms with Crippen molar-refractivity contribution in [3.05, 3.63) is 83.9 Å². The summed E-state index contributed by atoms with van der Waals surface area (Å²) in [6.45, 7) is 4.28. The summed E-state index contributed by atoms with van der Waals surface area (Å²) in [5, 5.41) is 3.54. The largest absolute Gasteiger partial charge is 0.355 e. The molecule has 0 aliphatic heterocycles. The molecule has 0 fully saturated rings. The topological polar surface area (TPSA) is 12.0 Å². The van der Waals surface area contributed by atoms with Crippen molar-refractivity contribution in [1.82, 2.24) is 0 Å². The monoisotopic (exact) mass is 273 g/mol. The van der Waals surface area contributed by atoms with Crippen molar-refractivity contribution in [2.45, 2.75) is 13.8 Å². The van der Waals surface area contributed by atoms with Gasteiger partial charge in [-0.2, -0.15) is 0 Å². The van der Waals surface area contributed by atoms with Gasteiger partial charge in [0, 0.05) is 16.9 Å². The van der Waals surface area contributed by atoms with Crippen LogP contribution >= 0.6 is 0 Å². The number of benzene rings is 3. The lowest BCUT2D eigenvalue weighted by Gasteiger charge is -2.15. The van der Waals surface area contributed by atoms with E-state index in [0.717, 1.165) is 11.4 Å². The molecule has 3 aromatic rings. The first-order valence-electron chi connectivity index (χ1n) is 7.23. The molecule has 104 valence electrons. The number of hydrogen-bond acceptors (Lipinski definition) is 1. The normalized spacial score (nSPS) is 10.4. The molecular weight excluding hydrogens is 254 g/mol. The lowest BCUT2D eigenvalue weighted by molar-refractivity contribution is 1.41. The summed E-state index contributed by atoms with van der Waals surface area (Å²) in [6, 6.07) is 25.4. The summed E-state index contributed by atoms with van der Waals surface area (Å²) < 4.78 is 0. The lowest BCUT2D eigenvalue weighted by atomic mass is 9.97. The second-order valence-corrected chi connectivity index (χ2v) is 5.35. The molecule has 0 heterocycles. The van der Waals surface area contributed by atoms with Gasteiger partial charge in [-0.15, -0.1) is 0 Å². The molecule has 0 aromatic heterocycles. The number of hydrogen-bond donors (Lipinski definition) is 1. The number of nitrogens with one attached hydrogen (secondary N) is 1. The van der Waals surface area contributed by atoms with Gasteiger partial charge in [0.05, 0.1) is 0 Å². The van der Waals surface area contributed by atoms with Crippen LogP contribution in [-0.2, 0) is 0 Å². The second-order valence-electron chi connectivity index (χ2n) is 5.35. The van der Waals surface area contributed by atoms with Crippen molar-refractivity contribution in [2.24, 2.45) is 0 Å². The molecule has 0 amide bonds. The van der Waals surface area contributed by atoms with E-state index in [1.54, 1.807) is 0 Å². The van der Waals surface area contributed by atoms with Gasteiger partial charge in [0.1, 0.15) is 0 Å². The van der Waals surface area contributed by atoms with Crippen LogP contribution in [0.1, 0.15) is 11.1 Å². The van der Waals surface area contributed by atoms with Gasteiger partial charge in [0.25, 0.3) is 0 Å². The van der Waals surface area contributed by atoms with Crippen LogP contribution in [0.4, 0.5) is 11.4 Å². The molecule has 21 heavy (non-hydrogen) atoms. The third-order valence-electron chi connectivity index (χ3n) is 3.66. The maximum Gasteiger partial charge on any atom is 0.0466 e. The maximum absolute atomic E-state index is 3.54. The van der Waals surface area contributed by atoms with E-state index in [-0.39, 0.29) is 0 Å². The fraction of sp³-hybridized carbons (Fsp3) is 0.100. The molecule has 0 saturated heterocycles. The summed E-state index contributed by atoms with van der Waals surface area (Å²) in [5.74, 6) is 0. The molecule has 3 aromatic carbocycles. The molecule has 1 nitrogen and oxygen atoms in total. The van der Waals surface area contributed by atoms with Gasteiger partial charge < -0.3 is 5.32 Å². The summed E-state index contributed by atoms with van der Waals surface area (Å²) in [6.07, 6.45) is 0. The number of anilines is 2. The molecule has 0 aliphatic rings. The predicted molar refractivity (Wildman–Crippen MR) is 91.1 cm³/mol. The first kappa shape index (κ1) is 13.4. The van der Waals surface area contributed by atoms with Crippen LogP contribution < -0.4 is 5.32 Å². The summed E-state index contributed by atoms with van der Waals surface area (Å²) in [4.78, 5) is 0. The first-order valence-corrected chi connectivity index (χ1v) is 7.23. The van der Waals surface area contributed by atoms with E-state index >= 15 is 0 Å². The van der Waals surface area contributed by atoms with Crippen LogP contribution in [0.15, 0.2) is 72.8 Å². The molecule has 3 rings (SSSR count). The van der Waals surface area contributed by atoms with Crippen LogP contribution in [0, 0.1) is 13.8 Å². The highest BCUT2D eigenvalue weighted by Crippen LogP contribution is 2.33. The fourth-order valence-electron chi connectivity index (χ4n) is 2.55. The van der Waals surface area contributed by atoms with E-state index in [1.807, 2.05) is 18.2 Å². The van der Waals surface area contributed by atoms with Crippen LogP contribution in [0.2, 0.25) is 0 Å². The summed E-state index contributed by atoms with van der Waals surface area (Å²) >= 11 is 0. The molecule has 0 aliphatic carbocycles.